The van der Waals surface area contributed by atoms with Gasteiger partial charge in [-0.15, -0.1) is 11.3 Å². The molecule has 0 bridgehead atoms. The van der Waals surface area contributed by atoms with Crippen molar-refractivity contribution >= 4 is 44.8 Å². The lowest BCUT2D eigenvalue weighted by atomic mass is 10.1. The number of carbonyl (C=O) groups excluding carboxylic acids is 2. The van der Waals surface area contributed by atoms with E-state index in [1.807, 2.05) is 41.8 Å². The quantitative estimate of drug-likeness (QED) is 0.511. The molecule has 1 fully saturated rings. The van der Waals surface area contributed by atoms with Gasteiger partial charge in [0.25, 0.3) is 5.91 Å². The van der Waals surface area contributed by atoms with Crippen molar-refractivity contribution in [2.24, 2.45) is 0 Å². The number of rotatable bonds is 6. The maximum absolute atomic E-state index is 13.5. The summed E-state index contributed by atoms with van der Waals surface area (Å²) in [5, 5.41) is 5.08. The molecule has 150 valence electrons. The molecule has 4 rings (SSSR count). The lowest BCUT2D eigenvalue weighted by Gasteiger charge is -2.31. The number of hydrogen-bond donors (Lipinski definition) is 1. The van der Waals surface area contributed by atoms with Gasteiger partial charge in [0.05, 0.1) is 12.0 Å². The predicted molar refractivity (Wildman–Crippen MR) is 117 cm³/mol. The van der Waals surface area contributed by atoms with Crippen LogP contribution in [0.2, 0.25) is 0 Å². The summed E-state index contributed by atoms with van der Waals surface area (Å²) in [5.74, 6) is -0.340. The largest absolute Gasteiger partial charge is 0.459 e. The molecule has 2 aromatic heterocycles. The highest BCUT2D eigenvalue weighted by Crippen LogP contribution is 2.36. The van der Waals surface area contributed by atoms with Gasteiger partial charge in [-0.1, -0.05) is 31.0 Å². The summed E-state index contributed by atoms with van der Waals surface area (Å²) in [7, 11) is 0. The van der Waals surface area contributed by atoms with E-state index in [9.17, 15) is 9.59 Å². The number of nitrogens with zero attached hydrogens (tertiary/aromatic N) is 1. The van der Waals surface area contributed by atoms with Crippen molar-refractivity contribution in [1.29, 1.82) is 0 Å². The lowest BCUT2D eigenvalue weighted by Crippen LogP contribution is -2.46. The third-order valence-corrected chi connectivity index (χ3v) is 6.68. The van der Waals surface area contributed by atoms with Gasteiger partial charge in [-0.05, 0) is 64.5 Å². The Bertz CT molecular complexity index is 966. The van der Waals surface area contributed by atoms with Crippen LogP contribution < -0.4 is 10.2 Å². The summed E-state index contributed by atoms with van der Waals surface area (Å²) < 4.78 is 6.12. The van der Waals surface area contributed by atoms with E-state index in [1.165, 1.54) is 22.5 Å². The molecule has 1 aromatic carbocycles. The first-order valence-electron chi connectivity index (χ1n) is 9.60. The minimum absolute atomic E-state index is 0.157. The molecule has 0 saturated heterocycles. The van der Waals surface area contributed by atoms with Crippen molar-refractivity contribution in [3.05, 3.63) is 75.3 Å². The molecule has 1 aliphatic rings. The Morgan fingerprint density at radius 2 is 1.90 bits per heavy atom. The van der Waals surface area contributed by atoms with E-state index in [0.717, 1.165) is 35.0 Å². The normalized spacial score (nSPS) is 15.2. The molecular formula is C22H21BrN2O3S. The Kier molecular flexibility index (Phi) is 6.16. The third kappa shape index (κ3) is 4.31. The van der Waals surface area contributed by atoms with Crippen molar-refractivity contribution in [3.8, 4) is 0 Å². The number of benzene rings is 1. The smallest absolute Gasteiger partial charge is 0.295 e. The molecular weight excluding hydrogens is 452 g/mol. The second-order valence-electron chi connectivity index (χ2n) is 7.01. The molecule has 1 saturated carbocycles. The third-order valence-electron chi connectivity index (χ3n) is 5.08. The van der Waals surface area contributed by atoms with Crippen LogP contribution in [0.25, 0.3) is 0 Å². The molecule has 1 N–H and O–H groups in total. The zero-order valence-corrected chi connectivity index (χ0v) is 18.1. The molecule has 2 amide bonds. The van der Waals surface area contributed by atoms with E-state index in [1.54, 1.807) is 12.1 Å². The highest BCUT2D eigenvalue weighted by molar-refractivity contribution is 9.10. The first-order valence-corrected chi connectivity index (χ1v) is 11.3. The van der Waals surface area contributed by atoms with Crippen LogP contribution in [0.4, 0.5) is 5.69 Å². The molecule has 0 aliphatic heterocycles. The van der Waals surface area contributed by atoms with Gasteiger partial charge in [0, 0.05) is 15.4 Å². The highest BCUT2D eigenvalue weighted by atomic mass is 79.9. The van der Waals surface area contributed by atoms with Gasteiger partial charge in [0.15, 0.2) is 11.8 Å². The monoisotopic (exact) mass is 472 g/mol. The summed E-state index contributed by atoms with van der Waals surface area (Å²) in [4.78, 5) is 29.3. The fourth-order valence-electron chi connectivity index (χ4n) is 3.70. The number of hydrogen-bond acceptors (Lipinski definition) is 4. The molecule has 1 unspecified atom stereocenters. The molecule has 7 heteroatoms. The average Bonchev–Trinajstić information content (AvgIpc) is 3.49. The summed E-state index contributed by atoms with van der Waals surface area (Å²) in [5.41, 5.74) is 0.619. The van der Waals surface area contributed by atoms with Gasteiger partial charge < -0.3 is 9.73 Å². The number of thiophene rings is 1. The van der Waals surface area contributed by atoms with Gasteiger partial charge in [0.2, 0.25) is 5.91 Å². The Labute approximate surface area is 181 Å². The lowest BCUT2D eigenvalue weighted by molar-refractivity contribution is -0.123. The van der Waals surface area contributed by atoms with Crippen molar-refractivity contribution in [1.82, 2.24) is 5.32 Å². The number of carbonyl (C=O) groups is 2. The first-order chi connectivity index (χ1) is 14.1. The Balaban J connectivity index is 1.78. The minimum atomic E-state index is -0.785. The second-order valence-corrected chi connectivity index (χ2v) is 8.85. The zero-order valence-electron chi connectivity index (χ0n) is 15.7. The molecule has 0 spiro atoms. The maximum Gasteiger partial charge on any atom is 0.295 e. The van der Waals surface area contributed by atoms with Crippen LogP contribution >= 0.6 is 27.3 Å². The predicted octanol–water partition coefficient (Wildman–Crippen LogP) is 5.55. The second kappa shape index (κ2) is 8.97. The van der Waals surface area contributed by atoms with Crippen LogP contribution in [-0.4, -0.2) is 17.9 Å². The summed E-state index contributed by atoms with van der Waals surface area (Å²) in [6, 6.07) is 13.9. The van der Waals surface area contributed by atoms with Gasteiger partial charge in [-0.25, -0.2) is 0 Å². The fraction of sp³-hybridized carbons (Fsp3) is 0.273. The summed E-state index contributed by atoms with van der Waals surface area (Å²) >= 11 is 5.00. The van der Waals surface area contributed by atoms with Gasteiger partial charge >= 0.3 is 0 Å². The highest BCUT2D eigenvalue weighted by Gasteiger charge is 2.37. The van der Waals surface area contributed by atoms with Crippen LogP contribution in [0.15, 0.2) is 69.1 Å². The molecule has 0 radical (unpaired) electrons. The minimum Gasteiger partial charge on any atom is -0.459 e. The van der Waals surface area contributed by atoms with E-state index >= 15 is 0 Å². The van der Waals surface area contributed by atoms with Crippen molar-refractivity contribution in [2.75, 3.05) is 4.90 Å². The van der Waals surface area contributed by atoms with Crippen LogP contribution in [0.3, 0.4) is 0 Å². The molecule has 29 heavy (non-hydrogen) atoms. The Morgan fingerprint density at radius 1 is 1.10 bits per heavy atom. The average molecular weight is 473 g/mol. The van der Waals surface area contributed by atoms with Crippen LogP contribution in [0.1, 0.15) is 47.2 Å². The first kappa shape index (κ1) is 19.9. The Hall–Kier alpha value is -2.38. The van der Waals surface area contributed by atoms with Crippen LogP contribution in [0, 0.1) is 0 Å². The van der Waals surface area contributed by atoms with E-state index in [4.69, 9.17) is 4.42 Å². The van der Waals surface area contributed by atoms with Crippen LogP contribution in [-0.2, 0) is 4.79 Å². The number of para-hydroxylation sites is 1. The Morgan fingerprint density at radius 3 is 2.55 bits per heavy atom. The summed E-state index contributed by atoms with van der Waals surface area (Å²) in [6.45, 7) is 0. The molecule has 1 atom stereocenters. The number of anilines is 1. The van der Waals surface area contributed by atoms with E-state index < -0.39 is 6.04 Å². The number of nitrogens with one attached hydrogen (secondary N) is 1. The topological polar surface area (TPSA) is 62.6 Å². The summed E-state index contributed by atoms with van der Waals surface area (Å²) in [6.07, 6.45) is 5.65. The van der Waals surface area contributed by atoms with Gasteiger partial charge in [-0.2, -0.15) is 0 Å². The molecule has 3 aromatic rings. The number of furan rings is 1. The SMILES string of the molecule is O=C(NC1CCCC1)C(c1cccs1)N(C(=O)c1ccco1)c1ccccc1Br. The molecule has 2 heterocycles. The van der Waals surface area contributed by atoms with E-state index in [-0.39, 0.29) is 23.6 Å². The number of amides is 2. The standard InChI is InChI=1S/C22H21BrN2O3S/c23-16-9-3-4-10-17(16)25(22(27)18-11-5-13-28-18)20(19-12-6-14-29-19)21(26)24-15-7-1-2-8-15/h3-6,9-15,20H,1-2,7-8H2,(H,24,26). The van der Waals surface area contributed by atoms with Gasteiger partial charge in [0.1, 0.15) is 0 Å². The van der Waals surface area contributed by atoms with E-state index in [2.05, 4.69) is 21.2 Å². The fourth-order valence-corrected chi connectivity index (χ4v) is 4.99. The van der Waals surface area contributed by atoms with Crippen molar-refractivity contribution in [3.63, 3.8) is 0 Å². The van der Waals surface area contributed by atoms with E-state index in [0.29, 0.717) is 5.69 Å². The van der Waals surface area contributed by atoms with Crippen molar-refractivity contribution in [2.45, 2.75) is 37.8 Å². The van der Waals surface area contributed by atoms with Crippen molar-refractivity contribution < 1.29 is 14.0 Å². The maximum atomic E-state index is 13.5. The van der Waals surface area contributed by atoms with Gasteiger partial charge in [-0.3, -0.25) is 14.5 Å². The molecule has 1 aliphatic carbocycles. The number of halogens is 1. The zero-order chi connectivity index (χ0) is 20.2. The van der Waals surface area contributed by atoms with Crippen LogP contribution in [0.5, 0.6) is 0 Å². The molecule has 5 nitrogen and oxygen atoms in total.